The van der Waals surface area contributed by atoms with Crippen LogP contribution in [-0.2, 0) is 11.3 Å². The summed E-state index contributed by atoms with van der Waals surface area (Å²) in [6.45, 7) is 0.261. The molecule has 0 spiro atoms. The number of amidine groups is 1. The summed E-state index contributed by atoms with van der Waals surface area (Å²) in [5.41, 5.74) is 1.70. The Balaban J connectivity index is 1.61. The molecular formula is C22H16BrN3O3S. The molecule has 6 nitrogen and oxygen atoms in total. The Bertz CT molecular complexity index is 1140. The van der Waals surface area contributed by atoms with Crippen molar-refractivity contribution in [3.05, 3.63) is 93.2 Å². The molecule has 0 radical (unpaired) electrons. The number of hydrogen-bond acceptors (Lipinski definition) is 6. The van der Waals surface area contributed by atoms with Crippen molar-refractivity contribution < 1.29 is 14.3 Å². The first-order valence-electron chi connectivity index (χ1n) is 8.98. The fourth-order valence-corrected chi connectivity index (χ4v) is 4.09. The Kier molecular flexibility index (Phi) is 6.15. The number of thioether (sulfide) groups is 1. The number of carbonyl (C=O) groups is 1. The van der Waals surface area contributed by atoms with E-state index in [1.807, 2.05) is 30.3 Å². The van der Waals surface area contributed by atoms with Crippen molar-refractivity contribution in [2.45, 2.75) is 6.54 Å². The predicted octanol–water partition coefficient (Wildman–Crippen LogP) is 5.25. The Morgan fingerprint density at radius 1 is 1.10 bits per heavy atom. The van der Waals surface area contributed by atoms with Crippen LogP contribution in [0.3, 0.4) is 0 Å². The van der Waals surface area contributed by atoms with Crippen LogP contribution >= 0.6 is 27.7 Å². The molecule has 150 valence electrons. The quantitative estimate of drug-likeness (QED) is 0.306. The molecule has 4 rings (SSSR count). The maximum Gasteiger partial charge on any atom is 0.267 e. The molecule has 0 atom stereocenters. The molecule has 0 saturated carbocycles. The van der Waals surface area contributed by atoms with Gasteiger partial charge in [-0.1, -0.05) is 40.2 Å². The summed E-state index contributed by atoms with van der Waals surface area (Å²) in [5.74, 6) is 0.644. The number of amides is 1. The number of furan rings is 1. The van der Waals surface area contributed by atoms with Crippen molar-refractivity contribution in [2.24, 2.45) is 10.2 Å². The Labute approximate surface area is 185 Å². The number of carbonyl (C=O) groups excluding carboxylic acids is 1. The highest BCUT2D eigenvalue weighted by Crippen LogP contribution is 2.34. The molecule has 1 aliphatic rings. The van der Waals surface area contributed by atoms with Crippen LogP contribution in [0.4, 0.5) is 0 Å². The zero-order valence-electron chi connectivity index (χ0n) is 15.6. The SMILES string of the molecule is O=C1/C(=C/c2ccc(O)cc2)S/C(=N\N=C\c2cccc(Br)c2)N1Cc1ccco1. The molecule has 2 heterocycles. The van der Waals surface area contributed by atoms with Gasteiger partial charge in [-0.3, -0.25) is 9.69 Å². The number of hydrogen-bond donors (Lipinski definition) is 1. The van der Waals surface area contributed by atoms with Gasteiger partial charge in [0.05, 0.1) is 23.9 Å². The van der Waals surface area contributed by atoms with E-state index >= 15 is 0 Å². The normalized spacial score (nSPS) is 17.0. The summed E-state index contributed by atoms with van der Waals surface area (Å²) in [5, 5.41) is 18.4. The summed E-state index contributed by atoms with van der Waals surface area (Å²) in [4.78, 5) is 15.1. The van der Waals surface area contributed by atoms with Gasteiger partial charge >= 0.3 is 0 Å². The third-order valence-corrected chi connectivity index (χ3v) is 5.66. The summed E-state index contributed by atoms with van der Waals surface area (Å²) >= 11 is 4.67. The number of phenolic OH excluding ortho intramolecular Hbond substituents is 1. The Morgan fingerprint density at radius 3 is 2.67 bits per heavy atom. The summed E-state index contributed by atoms with van der Waals surface area (Å²) < 4.78 is 6.34. The van der Waals surface area contributed by atoms with Crippen LogP contribution < -0.4 is 0 Å². The topological polar surface area (TPSA) is 78.4 Å². The molecule has 1 aromatic heterocycles. The minimum atomic E-state index is -0.180. The van der Waals surface area contributed by atoms with Gasteiger partial charge in [0.15, 0.2) is 5.17 Å². The molecule has 0 unspecified atom stereocenters. The lowest BCUT2D eigenvalue weighted by Crippen LogP contribution is -2.28. The monoisotopic (exact) mass is 481 g/mol. The van der Waals surface area contributed by atoms with Crippen LogP contribution in [0.1, 0.15) is 16.9 Å². The average Bonchev–Trinajstić information content (AvgIpc) is 3.34. The van der Waals surface area contributed by atoms with Gasteiger partial charge in [-0.05, 0) is 65.4 Å². The van der Waals surface area contributed by atoms with Crippen molar-refractivity contribution in [3.8, 4) is 5.75 Å². The fraction of sp³-hybridized carbons (Fsp3) is 0.0455. The minimum Gasteiger partial charge on any atom is -0.508 e. The Hall–Kier alpha value is -3.10. The molecule has 1 amide bonds. The highest BCUT2D eigenvalue weighted by atomic mass is 79.9. The van der Waals surface area contributed by atoms with Gasteiger partial charge in [-0.15, -0.1) is 5.10 Å². The number of benzene rings is 2. The molecule has 8 heteroatoms. The molecule has 1 aliphatic heterocycles. The molecule has 1 N–H and O–H groups in total. The Morgan fingerprint density at radius 2 is 1.93 bits per heavy atom. The smallest absolute Gasteiger partial charge is 0.267 e. The van der Waals surface area contributed by atoms with Gasteiger partial charge in [-0.25, -0.2) is 0 Å². The van der Waals surface area contributed by atoms with Crippen molar-refractivity contribution in [2.75, 3.05) is 0 Å². The average molecular weight is 482 g/mol. The zero-order valence-corrected chi connectivity index (χ0v) is 18.0. The van der Waals surface area contributed by atoms with Gasteiger partial charge in [0.1, 0.15) is 11.5 Å². The second kappa shape index (κ2) is 9.15. The van der Waals surface area contributed by atoms with Crippen LogP contribution in [0.25, 0.3) is 6.08 Å². The molecular weight excluding hydrogens is 466 g/mol. The van der Waals surface area contributed by atoms with E-state index in [1.165, 1.54) is 16.7 Å². The van der Waals surface area contributed by atoms with E-state index in [9.17, 15) is 9.90 Å². The molecule has 1 fully saturated rings. The first-order valence-corrected chi connectivity index (χ1v) is 10.6. The third-order valence-electron chi connectivity index (χ3n) is 4.17. The van der Waals surface area contributed by atoms with Gasteiger partial charge in [-0.2, -0.15) is 5.10 Å². The summed E-state index contributed by atoms with van der Waals surface area (Å²) in [7, 11) is 0. The first-order chi connectivity index (χ1) is 14.6. The van der Waals surface area contributed by atoms with E-state index in [0.717, 1.165) is 15.6 Å². The minimum absolute atomic E-state index is 0.172. The van der Waals surface area contributed by atoms with E-state index in [2.05, 4.69) is 26.1 Å². The van der Waals surface area contributed by atoms with E-state index in [4.69, 9.17) is 4.42 Å². The van der Waals surface area contributed by atoms with Crippen molar-refractivity contribution in [3.63, 3.8) is 0 Å². The number of phenols is 1. The number of nitrogens with zero attached hydrogens (tertiary/aromatic N) is 3. The van der Waals surface area contributed by atoms with Crippen LogP contribution in [0.5, 0.6) is 5.75 Å². The van der Waals surface area contributed by atoms with Crippen molar-refractivity contribution >= 4 is 51.1 Å². The van der Waals surface area contributed by atoms with Crippen LogP contribution in [0, 0.1) is 0 Å². The van der Waals surface area contributed by atoms with Crippen molar-refractivity contribution in [1.29, 1.82) is 0 Å². The lowest BCUT2D eigenvalue weighted by molar-refractivity contribution is -0.122. The number of aromatic hydroxyl groups is 1. The van der Waals surface area contributed by atoms with E-state index < -0.39 is 0 Å². The van der Waals surface area contributed by atoms with Gasteiger partial charge in [0.25, 0.3) is 5.91 Å². The standard InChI is InChI=1S/C22H16BrN3O3S/c23-17-4-1-3-16(11-17)13-24-25-22-26(14-19-5-2-10-29-19)21(28)20(30-22)12-15-6-8-18(27)9-7-15/h1-13,27H,14H2/b20-12-,24-13+,25-22-. The van der Waals surface area contributed by atoms with E-state index in [0.29, 0.717) is 15.8 Å². The lowest BCUT2D eigenvalue weighted by atomic mass is 10.2. The van der Waals surface area contributed by atoms with Gasteiger partial charge in [0, 0.05) is 4.47 Å². The van der Waals surface area contributed by atoms with Crippen LogP contribution in [0.2, 0.25) is 0 Å². The molecule has 1 saturated heterocycles. The molecule has 0 bridgehead atoms. The lowest BCUT2D eigenvalue weighted by Gasteiger charge is -2.12. The number of rotatable bonds is 5. The largest absolute Gasteiger partial charge is 0.508 e. The third kappa shape index (κ3) is 4.90. The van der Waals surface area contributed by atoms with E-state index in [1.54, 1.807) is 48.9 Å². The second-order valence-corrected chi connectivity index (χ2v) is 8.28. The van der Waals surface area contributed by atoms with E-state index in [-0.39, 0.29) is 18.2 Å². The zero-order chi connectivity index (χ0) is 20.9. The summed E-state index contributed by atoms with van der Waals surface area (Å²) in [6, 6.07) is 17.9. The maximum atomic E-state index is 13.0. The molecule has 3 aromatic rings. The first kappa shape index (κ1) is 20.2. The number of halogens is 1. The predicted molar refractivity (Wildman–Crippen MR) is 122 cm³/mol. The summed E-state index contributed by atoms with van der Waals surface area (Å²) in [6.07, 6.45) is 4.97. The second-order valence-electron chi connectivity index (χ2n) is 6.35. The van der Waals surface area contributed by atoms with Crippen LogP contribution in [-0.4, -0.2) is 27.3 Å². The highest BCUT2D eigenvalue weighted by Gasteiger charge is 2.34. The molecule has 0 aliphatic carbocycles. The van der Waals surface area contributed by atoms with Gasteiger partial charge in [0.2, 0.25) is 0 Å². The van der Waals surface area contributed by atoms with Crippen LogP contribution in [0.15, 0.2) is 90.9 Å². The molecule has 2 aromatic carbocycles. The van der Waals surface area contributed by atoms with Gasteiger partial charge < -0.3 is 9.52 Å². The highest BCUT2D eigenvalue weighted by molar-refractivity contribution is 9.10. The fourth-order valence-electron chi connectivity index (χ4n) is 2.73. The maximum absolute atomic E-state index is 13.0. The van der Waals surface area contributed by atoms with Crippen molar-refractivity contribution in [1.82, 2.24) is 4.90 Å². The molecule has 30 heavy (non-hydrogen) atoms.